The summed E-state index contributed by atoms with van der Waals surface area (Å²) in [5, 5.41) is 19.9. The number of methoxy groups -OCH3 is 1. The van der Waals surface area contributed by atoms with Crippen molar-refractivity contribution in [3.63, 3.8) is 0 Å². The van der Waals surface area contributed by atoms with E-state index >= 15 is 0 Å². The summed E-state index contributed by atoms with van der Waals surface area (Å²) in [5.41, 5.74) is 7.17. The van der Waals surface area contributed by atoms with Gasteiger partial charge < -0.3 is 14.8 Å². The lowest BCUT2D eigenvalue weighted by atomic mass is 9.88. The number of para-hydroxylation sites is 1. The molecular formula is C29H24N2O3. The van der Waals surface area contributed by atoms with Gasteiger partial charge in [-0.1, -0.05) is 49.4 Å². The first-order valence-electron chi connectivity index (χ1n) is 10.9. The first-order valence-corrected chi connectivity index (χ1v) is 10.9. The second kappa shape index (κ2) is 9.93. The summed E-state index contributed by atoms with van der Waals surface area (Å²) in [6.45, 7) is 2.08. The number of carbonyl (C=O) groups is 1. The molecule has 34 heavy (non-hydrogen) atoms. The van der Waals surface area contributed by atoms with Crippen molar-refractivity contribution in [1.82, 2.24) is 4.98 Å². The number of aromatic nitrogens is 1. The number of carboxylic acid groups (broad SMARTS) is 1. The molecule has 0 amide bonds. The number of fused-ring (bicyclic) bond motifs is 1. The molecule has 2 N–H and O–H groups in total. The highest BCUT2D eigenvalue weighted by Gasteiger charge is 2.18. The molecule has 0 fully saturated rings. The summed E-state index contributed by atoms with van der Waals surface area (Å²) in [6.07, 6.45) is 3.39. The Balaban J connectivity index is 1.96. The van der Waals surface area contributed by atoms with Crippen LogP contribution in [0, 0.1) is 11.3 Å². The Morgan fingerprint density at radius 3 is 2.50 bits per heavy atom. The van der Waals surface area contributed by atoms with E-state index in [9.17, 15) is 10.1 Å². The summed E-state index contributed by atoms with van der Waals surface area (Å²) < 4.78 is 5.33. The number of aromatic amines is 1. The number of H-pyrrole nitrogens is 1. The largest absolute Gasteiger partial charge is 0.497 e. The number of aliphatic carboxylic acids is 1. The monoisotopic (exact) mass is 448 g/mol. The van der Waals surface area contributed by atoms with Crippen LogP contribution in [-0.4, -0.2) is 23.2 Å². The molecule has 5 heteroatoms. The van der Waals surface area contributed by atoms with Gasteiger partial charge in [0.25, 0.3) is 0 Å². The minimum atomic E-state index is -0.987. The zero-order valence-corrected chi connectivity index (χ0v) is 19.0. The topological polar surface area (TPSA) is 86.1 Å². The summed E-state index contributed by atoms with van der Waals surface area (Å²) in [6, 6.07) is 25.8. The molecule has 1 heterocycles. The Morgan fingerprint density at radius 2 is 1.85 bits per heavy atom. The summed E-state index contributed by atoms with van der Waals surface area (Å²) in [5.74, 6) is -0.350. The SMILES string of the molecule is CC/C(=C(/c1ccc(/C=C/C(=O)O)cc1)c1cc2ccccc2[nH]1)c1ccc(OC)cc1C#N. The second-order valence-corrected chi connectivity index (χ2v) is 7.79. The molecule has 0 saturated heterocycles. The van der Waals surface area contributed by atoms with Gasteiger partial charge in [-0.3, -0.25) is 0 Å². The first kappa shape index (κ1) is 22.6. The van der Waals surface area contributed by atoms with Gasteiger partial charge >= 0.3 is 5.97 Å². The van der Waals surface area contributed by atoms with E-state index in [0.717, 1.165) is 50.5 Å². The zero-order chi connectivity index (χ0) is 24.1. The van der Waals surface area contributed by atoms with Crippen LogP contribution < -0.4 is 4.74 Å². The van der Waals surface area contributed by atoms with Crippen molar-refractivity contribution >= 4 is 34.1 Å². The van der Waals surface area contributed by atoms with Crippen LogP contribution in [0.4, 0.5) is 0 Å². The molecular weight excluding hydrogens is 424 g/mol. The fourth-order valence-electron chi connectivity index (χ4n) is 4.14. The molecule has 0 atom stereocenters. The number of nitrogens with zero attached hydrogens (tertiary/aromatic N) is 1. The van der Waals surface area contributed by atoms with Crippen molar-refractivity contribution < 1.29 is 14.6 Å². The van der Waals surface area contributed by atoms with E-state index in [1.54, 1.807) is 19.3 Å². The van der Waals surface area contributed by atoms with Gasteiger partial charge in [0.15, 0.2) is 0 Å². The molecule has 5 nitrogen and oxygen atoms in total. The van der Waals surface area contributed by atoms with Crippen LogP contribution >= 0.6 is 0 Å². The number of ether oxygens (including phenoxy) is 1. The molecule has 0 unspecified atom stereocenters. The zero-order valence-electron chi connectivity index (χ0n) is 19.0. The fraction of sp³-hybridized carbons (Fsp3) is 0.103. The van der Waals surface area contributed by atoms with E-state index in [1.807, 2.05) is 54.6 Å². The lowest BCUT2D eigenvalue weighted by Gasteiger charge is -2.17. The fourth-order valence-corrected chi connectivity index (χ4v) is 4.14. The maximum atomic E-state index is 10.9. The van der Waals surface area contributed by atoms with Gasteiger partial charge in [-0.15, -0.1) is 0 Å². The van der Waals surface area contributed by atoms with E-state index in [4.69, 9.17) is 9.84 Å². The van der Waals surface area contributed by atoms with Gasteiger partial charge in [0.1, 0.15) is 5.75 Å². The highest BCUT2D eigenvalue weighted by molar-refractivity contribution is 6.01. The van der Waals surface area contributed by atoms with Crippen LogP contribution in [0.5, 0.6) is 5.75 Å². The third kappa shape index (κ3) is 4.62. The smallest absolute Gasteiger partial charge is 0.328 e. The van der Waals surface area contributed by atoms with Crippen molar-refractivity contribution in [2.75, 3.05) is 7.11 Å². The molecule has 1 aromatic heterocycles. The van der Waals surface area contributed by atoms with Crippen LogP contribution in [0.2, 0.25) is 0 Å². The number of hydrogen-bond donors (Lipinski definition) is 2. The predicted molar refractivity (Wildman–Crippen MR) is 135 cm³/mol. The quantitative estimate of drug-likeness (QED) is 0.249. The van der Waals surface area contributed by atoms with Crippen LogP contribution in [0.1, 0.15) is 41.3 Å². The van der Waals surface area contributed by atoms with Crippen molar-refractivity contribution in [3.05, 3.63) is 107 Å². The molecule has 4 aromatic rings. The number of rotatable bonds is 7. The normalized spacial score (nSPS) is 11.9. The van der Waals surface area contributed by atoms with Gasteiger partial charge in [-0.25, -0.2) is 4.79 Å². The van der Waals surface area contributed by atoms with Gasteiger partial charge in [-0.2, -0.15) is 5.26 Å². The molecule has 0 aliphatic heterocycles. The van der Waals surface area contributed by atoms with E-state index in [-0.39, 0.29) is 0 Å². The van der Waals surface area contributed by atoms with Gasteiger partial charge in [0, 0.05) is 28.2 Å². The standard InChI is InChI=1S/C29H24N2O3/c1-3-24(25-14-13-23(34-2)16-22(25)18-30)29(27-17-21-6-4-5-7-26(21)31-27)20-11-8-19(9-12-20)10-15-28(32)33/h4-17,31H,3H2,1-2H3,(H,32,33)/b15-10+,29-24+. The van der Waals surface area contributed by atoms with Crippen molar-refractivity contribution in [2.45, 2.75) is 13.3 Å². The van der Waals surface area contributed by atoms with Crippen LogP contribution in [0.15, 0.2) is 78.9 Å². The molecule has 4 rings (SSSR count). The van der Waals surface area contributed by atoms with Crippen molar-refractivity contribution in [3.8, 4) is 11.8 Å². The first-order chi connectivity index (χ1) is 16.5. The molecule has 0 aliphatic rings. The summed E-state index contributed by atoms with van der Waals surface area (Å²) in [7, 11) is 1.59. The van der Waals surface area contributed by atoms with Crippen molar-refractivity contribution in [1.29, 1.82) is 5.26 Å². The maximum Gasteiger partial charge on any atom is 0.328 e. The minimum absolute atomic E-state index is 0.547. The minimum Gasteiger partial charge on any atom is -0.497 e. The van der Waals surface area contributed by atoms with Gasteiger partial charge in [0.05, 0.1) is 18.7 Å². The number of carboxylic acids is 1. The van der Waals surface area contributed by atoms with E-state index in [2.05, 4.69) is 30.1 Å². The Hall–Kier alpha value is -4.56. The molecule has 0 saturated carbocycles. The Labute approximate surface area is 198 Å². The lowest BCUT2D eigenvalue weighted by molar-refractivity contribution is -0.131. The second-order valence-electron chi connectivity index (χ2n) is 7.79. The molecule has 3 aromatic carbocycles. The van der Waals surface area contributed by atoms with Gasteiger partial charge in [0.2, 0.25) is 0 Å². The van der Waals surface area contributed by atoms with Crippen LogP contribution in [-0.2, 0) is 4.79 Å². The van der Waals surface area contributed by atoms with E-state index in [0.29, 0.717) is 17.7 Å². The number of nitrogens with one attached hydrogen (secondary N) is 1. The van der Waals surface area contributed by atoms with Crippen LogP contribution in [0.3, 0.4) is 0 Å². The van der Waals surface area contributed by atoms with E-state index in [1.165, 1.54) is 0 Å². The average molecular weight is 449 g/mol. The third-order valence-electron chi connectivity index (χ3n) is 5.74. The van der Waals surface area contributed by atoms with E-state index < -0.39 is 5.97 Å². The number of benzene rings is 3. The predicted octanol–water partition coefficient (Wildman–Crippen LogP) is 6.52. The summed E-state index contributed by atoms with van der Waals surface area (Å²) in [4.78, 5) is 14.4. The Morgan fingerprint density at radius 1 is 1.09 bits per heavy atom. The maximum absolute atomic E-state index is 10.9. The highest BCUT2D eigenvalue weighted by Crippen LogP contribution is 2.37. The number of hydrogen-bond acceptors (Lipinski definition) is 3. The van der Waals surface area contributed by atoms with Gasteiger partial charge in [-0.05, 0) is 65.1 Å². The van der Waals surface area contributed by atoms with Crippen LogP contribution in [0.25, 0.3) is 28.1 Å². The Bertz CT molecular complexity index is 1420. The lowest BCUT2D eigenvalue weighted by Crippen LogP contribution is -1.98. The molecule has 0 bridgehead atoms. The average Bonchev–Trinajstić information content (AvgIpc) is 3.29. The number of allylic oxidation sites excluding steroid dienone is 1. The summed E-state index contributed by atoms with van der Waals surface area (Å²) >= 11 is 0. The Kier molecular flexibility index (Phi) is 6.61. The highest BCUT2D eigenvalue weighted by atomic mass is 16.5. The third-order valence-corrected chi connectivity index (χ3v) is 5.74. The number of nitriles is 1. The molecule has 0 spiro atoms. The molecule has 0 radical (unpaired) electrons. The van der Waals surface area contributed by atoms with Crippen molar-refractivity contribution in [2.24, 2.45) is 0 Å². The molecule has 0 aliphatic carbocycles. The molecule has 168 valence electrons.